The minimum Gasteiger partial charge on any atom is -0.383 e. The molecule has 19 heavy (non-hydrogen) atoms. The molecule has 0 aliphatic carbocycles. The first-order valence-electron chi connectivity index (χ1n) is 6.61. The molecule has 0 spiro atoms. The van der Waals surface area contributed by atoms with Crippen LogP contribution in [0.25, 0.3) is 10.9 Å². The first kappa shape index (κ1) is 13.8. The topological polar surface area (TPSA) is 51.4 Å². The highest BCUT2D eigenvalue weighted by Gasteiger charge is 2.06. The molecule has 0 radical (unpaired) electrons. The van der Waals surface area contributed by atoms with Crippen LogP contribution in [0.5, 0.6) is 0 Å². The average molecular weight is 259 g/mol. The van der Waals surface area contributed by atoms with E-state index in [-0.39, 0.29) is 0 Å². The molecule has 0 fully saturated rings. The molecule has 0 saturated heterocycles. The molecule has 0 unspecified atom stereocenters. The Kier molecular flexibility index (Phi) is 4.71. The van der Waals surface area contributed by atoms with Gasteiger partial charge < -0.3 is 10.5 Å². The summed E-state index contributed by atoms with van der Waals surface area (Å²) in [6.45, 7) is 5.18. The molecule has 0 aliphatic rings. The molecule has 0 amide bonds. The highest BCUT2D eigenvalue weighted by molar-refractivity contribution is 5.81. The number of aromatic nitrogens is 1. The van der Waals surface area contributed by atoms with Crippen molar-refractivity contribution in [2.75, 3.05) is 32.5 Å². The van der Waals surface area contributed by atoms with Gasteiger partial charge in [-0.15, -0.1) is 0 Å². The number of rotatable bonds is 6. The summed E-state index contributed by atoms with van der Waals surface area (Å²) < 4.78 is 5.35. The Bertz CT molecular complexity index is 542. The van der Waals surface area contributed by atoms with Crippen molar-refractivity contribution in [2.24, 2.45) is 0 Å². The van der Waals surface area contributed by atoms with Crippen molar-refractivity contribution in [3.8, 4) is 0 Å². The number of hydrogen-bond acceptors (Lipinski definition) is 4. The molecule has 2 rings (SSSR count). The van der Waals surface area contributed by atoms with Gasteiger partial charge in [0.1, 0.15) is 5.82 Å². The molecule has 4 heteroatoms. The van der Waals surface area contributed by atoms with Gasteiger partial charge in [0.25, 0.3) is 0 Å². The van der Waals surface area contributed by atoms with Crippen molar-refractivity contribution in [1.29, 1.82) is 0 Å². The molecular formula is C15H21N3O. The maximum Gasteiger partial charge on any atom is 0.128 e. The Balaban J connectivity index is 2.09. The molecule has 0 bridgehead atoms. The average Bonchev–Trinajstić information content (AvgIpc) is 2.40. The lowest BCUT2D eigenvalue weighted by Gasteiger charge is -2.17. The second kappa shape index (κ2) is 6.50. The van der Waals surface area contributed by atoms with Crippen LogP contribution in [-0.2, 0) is 11.3 Å². The van der Waals surface area contributed by atoms with E-state index in [0.717, 1.165) is 42.8 Å². The van der Waals surface area contributed by atoms with E-state index in [0.29, 0.717) is 5.82 Å². The second-order valence-electron chi connectivity index (χ2n) is 4.66. The molecule has 4 nitrogen and oxygen atoms in total. The van der Waals surface area contributed by atoms with Crippen LogP contribution in [0.15, 0.2) is 30.3 Å². The maximum absolute atomic E-state index is 6.02. The fourth-order valence-corrected chi connectivity index (χ4v) is 2.04. The Labute approximate surface area is 114 Å². The van der Waals surface area contributed by atoms with Crippen LogP contribution in [0.2, 0.25) is 0 Å². The van der Waals surface area contributed by atoms with E-state index in [9.17, 15) is 0 Å². The van der Waals surface area contributed by atoms with E-state index >= 15 is 0 Å². The van der Waals surface area contributed by atoms with Crippen LogP contribution >= 0.6 is 0 Å². The summed E-state index contributed by atoms with van der Waals surface area (Å²) in [6, 6.07) is 10.2. The minimum atomic E-state index is 0.613. The van der Waals surface area contributed by atoms with Crippen molar-refractivity contribution in [2.45, 2.75) is 13.5 Å². The molecule has 0 atom stereocenters. The molecular weight excluding hydrogens is 238 g/mol. The Hall–Kier alpha value is -1.65. The highest BCUT2D eigenvalue weighted by atomic mass is 16.5. The molecule has 2 N–H and O–H groups in total. The van der Waals surface area contributed by atoms with Gasteiger partial charge in [-0.25, -0.2) is 4.98 Å². The van der Waals surface area contributed by atoms with E-state index < -0.39 is 0 Å². The molecule has 2 aromatic rings. The van der Waals surface area contributed by atoms with E-state index in [4.69, 9.17) is 10.5 Å². The summed E-state index contributed by atoms with van der Waals surface area (Å²) in [6.07, 6.45) is 0. The van der Waals surface area contributed by atoms with Crippen molar-refractivity contribution in [3.05, 3.63) is 35.9 Å². The van der Waals surface area contributed by atoms with E-state index in [1.165, 1.54) is 0 Å². The number of anilines is 1. The Morgan fingerprint density at radius 3 is 2.89 bits per heavy atom. The van der Waals surface area contributed by atoms with Crippen LogP contribution in [0.4, 0.5) is 5.82 Å². The van der Waals surface area contributed by atoms with Gasteiger partial charge in [0.05, 0.1) is 12.1 Å². The number of benzene rings is 1. The van der Waals surface area contributed by atoms with Crippen molar-refractivity contribution in [3.63, 3.8) is 0 Å². The summed E-state index contributed by atoms with van der Waals surface area (Å²) in [7, 11) is 2.06. The third kappa shape index (κ3) is 3.66. The van der Waals surface area contributed by atoms with Gasteiger partial charge in [-0.2, -0.15) is 0 Å². The number of fused-ring (bicyclic) bond motifs is 1. The summed E-state index contributed by atoms with van der Waals surface area (Å²) in [5.41, 5.74) is 8.03. The van der Waals surface area contributed by atoms with Gasteiger partial charge in [0.15, 0.2) is 0 Å². The number of nitrogen functional groups attached to an aromatic ring is 1. The molecule has 0 aliphatic heterocycles. The number of ether oxygens (including phenoxy) is 1. The number of likely N-dealkylation sites (N-methyl/N-ethyl adjacent to an activating group) is 1. The first-order valence-corrected chi connectivity index (χ1v) is 6.61. The smallest absolute Gasteiger partial charge is 0.128 e. The summed E-state index contributed by atoms with van der Waals surface area (Å²) in [4.78, 5) is 6.64. The largest absolute Gasteiger partial charge is 0.383 e. The lowest BCUT2D eigenvalue weighted by molar-refractivity contribution is 0.120. The van der Waals surface area contributed by atoms with E-state index in [2.05, 4.69) is 29.1 Å². The molecule has 0 saturated carbocycles. The molecule has 102 valence electrons. The van der Waals surface area contributed by atoms with E-state index in [1.807, 2.05) is 25.1 Å². The second-order valence-corrected chi connectivity index (χ2v) is 4.66. The predicted molar refractivity (Wildman–Crippen MR) is 79.0 cm³/mol. The number of para-hydroxylation sites is 1. The lowest BCUT2D eigenvalue weighted by atomic mass is 10.1. The van der Waals surface area contributed by atoms with E-state index in [1.54, 1.807) is 0 Å². The Morgan fingerprint density at radius 1 is 1.32 bits per heavy atom. The van der Waals surface area contributed by atoms with Gasteiger partial charge in [0, 0.05) is 30.6 Å². The van der Waals surface area contributed by atoms with Crippen LogP contribution in [0.1, 0.15) is 12.5 Å². The van der Waals surface area contributed by atoms with Gasteiger partial charge in [-0.05, 0) is 26.1 Å². The Morgan fingerprint density at radius 2 is 2.11 bits per heavy atom. The number of nitrogens with zero attached hydrogens (tertiary/aromatic N) is 2. The normalized spacial score (nSPS) is 11.3. The van der Waals surface area contributed by atoms with Crippen molar-refractivity contribution < 1.29 is 4.74 Å². The zero-order valence-electron chi connectivity index (χ0n) is 11.6. The lowest BCUT2D eigenvalue weighted by Crippen LogP contribution is -2.23. The summed E-state index contributed by atoms with van der Waals surface area (Å²) >= 11 is 0. The zero-order valence-corrected chi connectivity index (χ0v) is 11.6. The summed E-state index contributed by atoms with van der Waals surface area (Å²) in [5.74, 6) is 0.613. The van der Waals surface area contributed by atoms with Crippen LogP contribution in [0.3, 0.4) is 0 Å². The van der Waals surface area contributed by atoms with Crippen LogP contribution in [-0.4, -0.2) is 36.7 Å². The fourth-order valence-electron chi connectivity index (χ4n) is 2.04. The van der Waals surface area contributed by atoms with Crippen molar-refractivity contribution in [1.82, 2.24) is 9.88 Å². The quantitative estimate of drug-likeness (QED) is 0.809. The molecule has 1 aromatic heterocycles. The van der Waals surface area contributed by atoms with Crippen LogP contribution < -0.4 is 5.73 Å². The summed E-state index contributed by atoms with van der Waals surface area (Å²) in [5, 5.41) is 1.13. The molecule has 1 aromatic carbocycles. The predicted octanol–water partition coefficient (Wildman–Crippen LogP) is 2.29. The van der Waals surface area contributed by atoms with Gasteiger partial charge in [-0.1, -0.05) is 18.2 Å². The standard InChI is InChI=1S/C15H21N3O/c1-3-19-9-8-18(2)11-13-10-12-6-4-5-7-14(12)17-15(13)16/h4-7,10H,3,8-9,11H2,1-2H3,(H2,16,17). The van der Waals surface area contributed by atoms with Gasteiger partial charge in [-0.3, -0.25) is 4.90 Å². The third-order valence-corrected chi connectivity index (χ3v) is 3.10. The number of hydrogen-bond donors (Lipinski definition) is 1. The van der Waals surface area contributed by atoms with Crippen molar-refractivity contribution >= 4 is 16.7 Å². The highest BCUT2D eigenvalue weighted by Crippen LogP contribution is 2.19. The number of nitrogens with two attached hydrogens (primary N) is 1. The van der Waals surface area contributed by atoms with Gasteiger partial charge >= 0.3 is 0 Å². The first-order chi connectivity index (χ1) is 9.20. The minimum absolute atomic E-state index is 0.613. The monoisotopic (exact) mass is 259 g/mol. The number of pyridine rings is 1. The molecule has 1 heterocycles. The SMILES string of the molecule is CCOCCN(C)Cc1cc2ccccc2nc1N. The third-order valence-electron chi connectivity index (χ3n) is 3.10. The maximum atomic E-state index is 6.02. The van der Waals surface area contributed by atoms with Gasteiger partial charge in [0.2, 0.25) is 0 Å². The van der Waals surface area contributed by atoms with Crippen LogP contribution in [0, 0.1) is 0 Å². The zero-order chi connectivity index (χ0) is 13.7. The fraction of sp³-hybridized carbons (Fsp3) is 0.400.